The second-order valence-corrected chi connectivity index (χ2v) is 11.4. The van der Waals surface area contributed by atoms with Crippen LogP contribution in [0.4, 0.5) is 0 Å². The van der Waals surface area contributed by atoms with Crippen LogP contribution >= 0.6 is 0 Å². The molecule has 0 spiro atoms. The number of ether oxygens (including phenoxy) is 1. The van der Waals surface area contributed by atoms with E-state index in [2.05, 4.69) is 20.8 Å². The van der Waals surface area contributed by atoms with Crippen molar-refractivity contribution in [1.29, 1.82) is 0 Å². The van der Waals surface area contributed by atoms with Crippen molar-refractivity contribution in [3.8, 4) is 0 Å². The summed E-state index contributed by atoms with van der Waals surface area (Å²) < 4.78 is 4.88. The van der Waals surface area contributed by atoms with E-state index in [0.717, 1.165) is 48.9 Å². The third kappa shape index (κ3) is 3.24. The molecule has 0 saturated heterocycles. The monoisotopic (exact) mass is 390 g/mol. The Bertz CT molecular complexity index is 588. The van der Waals surface area contributed by atoms with Crippen molar-refractivity contribution in [2.45, 2.75) is 97.5 Å². The highest BCUT2D eigenvalue weighted by molar-refractivity contribution is 5.69. The molecule has 4 saturated carbocycles. The van der Waals surface area contributed by atoms with Crippen LogP contribution in [0.15, 0.2) is 0 Å². The minimum Gasteiger partial charge on any atom is -0.469 e. The van der Waals surface area contributed by atoms with Gasteiger partial charge in [0.15, 0.2) is 0 Å². The van der Waals surface area contributed by atoms with E-state index in [1.54, 1.807) is 0 Å². The predicted octanol–water partition coefficient (Wildman–Crippen LogP) is 5.60. The Labute approximate surface area is 172 Å². The van der Waals surface area contributed by atoms with E-state index >= 15 is 0 Å². The summed E-state index contributed by atoms with van der Waals surface area (Å²) in [4.78, 5) is 11.6. The van der Waals surface area contributed by atoms with E-state index in [1.807, 2.05) is 0 Å². The fourth-order valence-electron chi connectivity index (χ4n) is 8.86. The fourth-order valence-corrected chi connectivity index (χ4v) is 8.86. The van der Waals surface area contributed by atoms with Crippen LogP contribution < -0.4 is 0 Å². The smallest absolute Gasteiger partial charge is 0.305 e. The van der Waals surface area contributed by atoms with Gasteiger partial charge in [-0.3, -0.25) is 4.79 Å². The second kappa shape index (κ2) is 7.60. The molecule has 1 N–H and O–H groups in total. The van der Waals surface area contributed by atoms with Crippen molar-refractivity contribution in [3.05, 3.63) is 0 Å². The van der Waals surface area contributed by atoms with E-state index in [1.165, 1.54) is 52.1 Å². The van der Waals surface area contributed by atoms with Crippen LogP contribution in [0.2, 0.25) is 0 Å². The topological polar surface area (TPSA) is 46.5 Å². The summed E-state index contributed by atoms with van der Waals surface area (Å²) in [5.41, 5.74) is 0.937. The number of hydrogen-bond acceptors (Lipinski definition) is 3. The number of carbonyl (C=O) groups is 1. The molecule has 4 rings (SSSR count). The van der Waals surface area contributed by atoms with Crippen LogP contribution in [0.25, 0.3) is 0 Å². The average Bonchev–Trinajstić information content (AvgIpc) is 3.03. The van der Waals surface area contributed by atoms with Crippen LogP contribution in [0.3, 0.4) is 0 Å². The number of fused-ring (bicyclic) bond motifs is 5. The molecule has 160 valence electrons. The number of rotatable bonds is 4. The minimum absolute atomic E-state index is 0.0463. The molecule has 3 heteroatoms. The molecule has 3 nitrogen and oxygen atoms in total. The van der Waals surface area contributed by atoms with E-state index in [-0.39, 0.29) is 12.1 Å². The SMILES string of the molecule is COC(=O)CC[C@@H](C)[C@@H]1CC[C@@H]2[C@H]3CC[C@H]4C[C@@H](O)CC[C@]4(C)[C@@H]3CC[C@@]21C. The largest absolute Gasteiger partial charge is 0.469 e. The zero-order chi connectivity index (χ0) is 20.1. The van der Waals surface area contributed by atoms with Gasteiger partial charge in [-0.2, -0.15) is 0 Å². The quantitative estimate of drug-likeness (QED) is 0.636. The maximum Gasteiger partial charge on any atom is 0.305 e. The lowest BCUT2D eigenvalue weighted by atomic mass is 9.44. The summed E-state index contributed by atoms with van der Waals surface area (Å²) in [6, 6.07) is 0. The highest BCUT2D eigenvalue weighted by Crippen LogP contribution is 2.68. The Hall–Kier alpha value is -0.570. The van der Waals surface area contributed by atoms with E-state index in [9.17, 15) is 9.90 Å². The number of esters is 1. The molecule has 9 atom stereocenters. The first kappa shape index (κ1) is 20.7. The molecular formula is C25H42O3. The minimum atomic E-state index is -0.0546. The molecule has 4 fully saturated rings. The van der Waals surface area contributed by atoms with Crippen LogP contribution in [-0.2, 0) is 9.53 Å². The summed E-state index contributed by atoms with van der Waals surface area (Å²) >= 11 is 0. The summed E-state index contributed by atoms with van der Waals surface area (Å²) in [7, 11) is 1.50. The predicted molar refractivity (Wildman–Crippen MR) is 112 cm³/mol. The first-order valence-corrected chi connectivity index (χ1v) is 12.0. The Balaban J connectivity index is 1.48. The molecule has 0 heterocycles. The molecule has 0 aliphatic heterocycles. The molecule has 4 aliphatic rings. The summed E-state index contributed by atoms with van der Waals surface area (Å²) in [5, 5.41) is 10.2. The number of carbonyl (C=O) groups excluding carboxylic acids is 1. The van der Waals surface area contributed by atoms with Crippen LogP contribution in [0.5, 0.6) is 0 Å². The van der Waals surface area contributed by atoms with Crippen molar-refractivity contribution in [3.63, 3.8) is 0 Å². The zero-order valence-electron chi connectivity index (χ0n) is 18.6. The van der Waals surface area contributed by atoms with Crippen molar-refractivity contribution in [2.75, 3.05) is 7.11 Å². The van der Waals surface area contributed by atoms with Gasteiger partial charge in [0, 0.05) is 6.42 Å². The molecule has 28 heavy (non-hydrogen) atoms. The maximum absolute atomic E-state index is 11.6. The lowest BCUT2D eigenvalue weighted by molar-refractivity contribution is -0.141. The standard InChI is InChI=1S/C25H42O3/c1-16(5-10-23(27)28-4)20-8-9-21-19-7-6-17-15-18(26)11-13-24(17,2)22(19)12-14-25(20,21)3/h16-22,26H,5-15H2,1-4H3/t16-,17+,18+,19-,20+,21-,22-,24+,25-/m1/s1. The van der Waals surface area contributed by atoms with Gasteiger partial charge in [0.2, 0.25) is 0 Å². The van der Waals surface area contributed by atoms with Gasteiger partial charge >= 0.3 is 5.97 Å². The first-order chi connectivity index (χ1) is 13.3. The van der Waals surface area contributed by atoms with Gasteiger partial charge in [-0.25, -0.2) is 0 Å². The number of methoxy groups -OCH3 is 1. The van der Waals surface area contributed by atoms with Gasteiger partial charge < -0.3 is 9.84 Å². The van der Waals surface area contributed by atoms with E-state index in [4.69, 9.17) is 4.74 Å². The van der Waals surface area contributed by atoms with Gasteiger partial charge in [0.05, 0.1) is 13.2 Å². The third-order valence-electron chi connectivity index (χ3n) is 10.4. The summed E-state index contributed by atoms with van der Waals surface area (Å²) in [6.07, 6.45) is 13.1. The van der Waals surface area contributed by atoms with Gasteiger partial charge in [-0.15, -0.1) is 0 Å². The van der Waals surface area contributed by atoms with Crippen molar-refractivity contribution in [2.24, 2.45) is 46.3 Å². The molecule has 0 aromatic rings. The van der Waals surface area contributed by atoms with Gasteiger partial charge in [0.25, 0.3) is 0 Å². The molecular weight excluding hydrogens is 348 g/mol. The highest BCUT2D eigenvalue weighted by atomic mass is 16.5. The van der Waals surface area contributed by atoms with Gasteiger partial charge in [-0.1, -0.05) is 20.8 Å². The molecule has 0 aromatic heterocycles. The number of aliphatic hydroxyl groups is 1. The fraction of sp³-hybridized carbons (Fsp3) is 0.960. The Morgan fingerprint density at radius 1 is 1.04 bits per heavy atom. The second-order valence-electron chi connectivity index (χ2n) is 11.4. The van der Waals surface area contributed by atoms with Crippen molar-refractivity contribution >= 4 is 5.97 Å². The van der Waals surface area contributed by atoms with Crippen LogP contribution in [0, 0.1) is 46.3 Å². The van der Waals surface area contributed by atoms with E-state index in [0.29, 0.717) is 23.2 Å². The van der Waals surface area contributed by atoms with Crippen LogP contribution in [0.1, 0.15) is 91.4 Å². The molecule has 4 aliphatic carbocycles. The molecule has 0 radical (unpaired) electrons. The highest BCUT2D eigenvalue weighted by Gasteiger charge is 2.60. The average molecular weight is 391 g/mol. The van der Waals surface area contributed by atoms with Crippen LogP contribution in [-0.4, -0.2) is 24.3 Å². The summed E-state index contributed by atoms with van der Waals surface area (Å²) in [6.45, 7) is 7.56. The number of hydrogen-bond donors (Lipinski definition) is 1. The van der Waals surface area contributed by atoms with Gasteiger partial charge in [-0.05, 0) is 111 Å². The molecule has 0 bridgehead atoms. The van der Waals surface area contributed by atoms with E-state index < -0.39 is 0 Å². The Morgan fingerprint density at radius 3 is 2.50 bits per heavy atom. The molecule has 0 amide bonds. The zero-order valence-corrected chi connectivity index (χ0v) is 18.6. The normalized spacial score (nSPS) is 48.9. The lowest BCUT2D eigenvalue weighted by Gasteiger charge is -2.61. The molecule has 0 aromatic carbocycles. The van der Waals surface area contributed by atoms with Crippen molar-refractivity contribution < 1.29 is 14.6 Å². The van der Waals surface area contributed by atoms with Gasteiger partial charge in [0.1, 0.15) is 0 Å². The number of aliphatic hydroxyl groups excluding tert-OH is 1. The van der Waals surface area contributed by atoms with Crippen molar-refractivity contribution in [1.82, 2.24) is 0 Å². The Morgan fingerprint density at radius 2 is 1.75 bits per heavy atom. The summed E-state index contributed by atoms with van der Waals surface area (Å²) in [5.74, 6) is 4.72. The first-order valence-electron chi connectivity index (χ1n) is 12.0. The maximum atomic E-state index is 11.6. The Kier molecular flexibility index (Phi) is 5.61. The lowest BCUT2D eigenvalue weighted by Crippen LogP contribution is -2.54. The molecule has 0 unspecified atom stereocenters. The third-order valence-corrected chi connectivity index (χ3v) is 10.4.